The quantitative estimate of drug-likeness (QED) is 0.252. The van der Waals surface area contributed by atoms with E-state index < -0.39 is 44.3 Å². The third-order valence-corrected chi connectivity index (χ3v) is 7.79. The van der Waals surface area contributed by atoms with Crippen molar-refractivity contribution in [2.24, 2.45) is 0 Å². The molecule has 3 aromatic carbocycles. The summed E-state index contributed by atoms with van der Waals surface area (Å²) in [6.07, 6.45) is 2.69. The summed E-state index contributed by atoms with van der Waals surface area (Å²) in [6, 6.07) is 21.8. The molecule has 0 aliphatic heterocycles. The van der Waals surface area contributed by atoms with Crippen LogP contribution < -0.4 is 14.8 Å². The molecule has 0 aliphatic carbocycles. The van der Waals surface area contributed by atoms with E-state index in [9.17, 15) is 26.4 Å². The van der Waals surface area contributed by atoms with Gasteiger partial charge in [0, 0.05) is 22.8 Å². The number of benzene rings is 3. The molecular formula is C27H26N4O6S2. The second-order valence-electron chi connectivity index (χ2n) is 8.82. The molecule has 1 aromatic heterocycles. The summed E-state index contributed by atoms with van der Waals surface area (Å²) in [7, 11) is -7.59. The van der Waals surface area contributed by atoms with Gasteiger partial charge in [-0.2, -0.15) is 0 Å². The standard InChI is InChI=1S/C27H26N4O6S2/c1-38(34,35)29-18-26(32)25(15-19-7-3-2-4-8-19)30-27(33)21-9-5-11-22(16-21)31-39(36,37)23-12-13-24-20(17-23)10-6-14-28-24/h2-14,16-17,25,29,31H,15,18H2,1H3,(H,30,33)/t25-/m0/s1. The zero-order valence-corrected chi connectivity index (χ0v) is 22.5. The lowest BCUT2D eigenvalue weighted by Crippen LogP contribution is -2.46. The number of sulfonamides is 2. The summed E-state index contributed by atoms with van der Waals surface area (Å²) in [5.41, 5.74) is 1.68. The van der Waals surface area contributed by atoms with Gasteiger partial charge in [-0.05, 0) is 54.4 Å². The number of carbonyl (C=O) groups excluding carboxylic acids is 2. The zero-order valence-electron chi connectivity index (χ0n) is 20.9. The Morgan fingerprint density at radius 3 is 2.38 bits per heavy atom. The van der Waals surface area contributed by atoms with Gasteiger partial charge in [0.1, 0.15) is 0 Å². The van der Waals surface area contributed by atoms with Crippen LogP contribution in [0.15, 0.2) is 96.0 Å². The molecule has 1 heterocycles. The maximum atomic E-state index is 13.1. The van der Waals surface area contributed by atoms with Crippen LogP contribution in [0.3, 0.4) is 0 Å². The van der Waals surface area contributed by atoms with Crippen molar-refractivity contribution in [2.45, 2.75) is 17.4 Å². The van der Waals surface area contributed by atoms with Crippen molar-refractivity contribution in [3.63, 3.8) is 0 Å². The van der Waals surface area contributed by atoms with Gasteiger partial charge >= 0.3 is 0 Å². The number of fused-ring (bicyclic) bond motifs is 1. The molecule has 4 rings (SSSR count). The largest absolute Gasteiger partial charge is 0.342 e. The Morgan fingerprint density at radius 2 is 1.64 bits per heavy atom. The molecule has 202 valence electrons. The Morgan fingerprint density at radius 1 is 0.872 bits per heavy atom. The van der Waals surface area contributed by atoms with Crippen molar-refractivity contribution >= 4 is 48.3 Å². The van der Waals surface area contributed by atoms with Crippen LogP contribution in [0.4, 0.5) is 5.69 Å². The molecule has 4 aromatic rings. The highest BCUT2D eigenvalue weighted by Crippen LogP contribution is 2.21. The average molecular weight is 567 g/mol. The maximum Gasteiger partial charge on any atom is 0.261 e. The van der Waals surface area contributed by atoms with Crippen molar-refractivity contribution in [2.75, 3.05) is 17.5 Å². The highest BCUT2D eigenvalue weighted by atomic mass is 32.2. The van der Waals surface area contributed by atoms with Crippen LogP contribution in [-0.2, 0) is 31.3 Å². The fourth-order valence-corrected chi connectivity index (χ4v) is 5.31. The van der Waals surface area contributed by atoms with E-state index in [1.807, 2.05) is 6.07 Å². The van der Waals surface area contributed by atoms with Crippen molar-refractivity contribution in [3.8, 4) is 0 Å². The van der Waals surface area contributed by atoms with Crippen LogP contribution in [0.25, 0.3) is 10.9 Å². The number of anilines is 1. The molecule has 0 spiro atoms. The van der Waals surface area contributed by atoms with Crippen molar-refractivity contribution in [1.82, 2.24) is 15.0 Å². The first kappa shape index (κ1) is 27.9. The van der Waals surface area contributed by atoms with Crippen molar-refractivity contribution in [3.05, 3.63) is 102 Å². The van der Waals surface area contributed by atoms with Gasteiger partial charge in [-0.25, -0.2) is 21.6 Å². The van der Waals surface area contributed by atoms with Crippen LogP contribution in [-0.4, -0.2) is 52.4 Å². The van der Waals surface area contributed by atoms with E-state index >= 15 is 0 Å². The van der Waals surface area contributed by atoms with Crippen LogP contribution >= 0.6 is 0 Å². The normalized spacial score (nSPS) is 12.5. The van der Waals surface area contributed by atoms with Gasteiger partial charge in [0.2, 0.25) is 10.0 Å². The first-order chi connectivity index (χ1) is 18.5. The smallest absolute Gasteiger partial charge is 0.261 e. The molecule has 1 atom stereocenters. The Bertz CT molecular complexity index is 1730. The van der Waals surface area contributed by atoms with Gasteiger partial charge in [0.05, 0.1) is 29.3 Å². The fraction of sp³-hybridized carbons (Fsp3) is 0.148. The number of aromatic nitrogens is 1. The van der Waals surface area contributed by atoms with E-state index in [1.54, 1.807) is 48.7 Å². The molecule has 1 amide bonds. The molecule has 0 unspecified atom stereocenters. The highest BCUT2D eigenvalue weighted by Gasteiger charge is 2.23. The lowest BCUT2D eigenvalue weighted by atomic mass is 10.0. The summed E-state index contributed by atoms with van der Waals surface area (Å²) >= 11 is 0. The van der Waals surface area contributed by atoms with Crippen LogP contribution in [0, 0.1) is 0 Å². The SMILES string of the molecule is CS(=O)(=O)NCC(=O)[C@H](Cc1ccccc1)NC(=O)c1cccc(NS(=O)(=O)c2ccc3ncccc3c2)c1. The van der Waals surface area contributed by atoms with E-state index in [1.165, 1.54) is 36.4 Å². The molecule has 0 saturated carbocycles. The number of hydrogen-bond donors (Lipinski definition) is 3. The van der Waals surface area contributed by atoms with E-state index in [0.717, 1.165) is 11.8 Å². The second-order valence-corrected chi connectivity index (χ2v) is 12.3. The minimum Gasteiger partial charge on any atom is -0.342 e. The topological polar surface area (TPSA) is 151 Å². The zero-order chi connectivity index (χ0) is 28.0. The predicted octanol–water partition coefficient (Wildman–Crippen LogP) is 2.50. The lowest BCUT2D eigenvalue weighted by Gasteiger charge is -2.18. The molecule has 0 radical (unpaired) electrons. The number of Topliss-reactive ketones (excluding diaryl/α,β-unsaturated/α-hetero) is 1. The number of nitrogens with zero attached hydrogens (tertiary/aromatic N) is 1. The van der Waals surface area contributed by atoms with Gasteiger partial charge in [-0.15, -0.1) is 0 Å². The number of hydrogen-bond acceptors (Lipinski definition) is 7. The molecule has 10 nitrogen and oxygen atoms in total. The Hall–Kier alpha value is -4.13. The third kappa shape index (κ3) is 7.69. The molecule has 0 fully saturated rings. The number of pyridine rings is 1. The van der Waals surface area contributed by atoms with Crippen molar-refractivity contribution in [1.29, 1.82) is 0 Å². The minimum absolute atomic E-state index is 0.0322. The molecule has 39 heavy (non-hydrogen) atoms. The number of nitrogens with one attached hydrogen (secondary N) is 3. The van der Waals surface area contributed by atoms with Crippen LogP contribution in [0.1, 0.15) is 15.9 Å². The Kier molecular flexibility index (Phi) is 8.38. The number of ketones is 1. The minimum atomic E-state index is -3.97. The summed E-state index contributed by atoms with van der Waals surface area (Å²) < 4.78 is 53.6. The van der Waals surface area contributed by atoms with Gasteiger partial charge in [-0.1, -0.05) is 42.5 Å². The van der Waals surface area contributed by atoms with Gasteiger partial charge < -0.3 is 5.32 Å². The van der Waals surface area contributed by atoms with E-state index in [2.05, 4.69) is 19.7 Å². The monoisotopic (exact) mass is 566 g/mol. The summed E-state index contributed by atoms with van der Waals surface area (Å²) in [5, 5.41) is 3.31. The van der Waals surface area contributed by atoms with Crippen LogP contribution in [0.2, 0.25) is 0 Å². The number of rotatable bonds is 11. The average Bonchev–Trinajstić information content (AvgIpc) is 2.91. The fourth-order valence-electron chi connectivity index (χ4n) is 3.82. The number of amides is 1. The van der Waals surface area contributed by atoms with Gasteiger partial charge in [-0.3, -0.25) is 19.3 Å². The number of carbonyl (C=O) groups is 2. The van der Waals surface area contributed by atoms with Crippen molar-refractivity contribution < 1.29 is 26.4 Å². The van der Waals surface area contributed by atoms with E-state index in [-0.39, 0.29) is 22.6 Å². The first-order valence-electron chi connectivity index (χ1n) is 11.8. The summed E-state index contributed by atoms with van der Waals surface area (Å²) in [4.78, 5) is 30.1. The van der Waals surface area contributed by atoms with Gasteiger partial charge in [0.25, 0.3) is 15.9 Å². The molecule has 0 aliphatic rings. The third-order valence-electron chi connectivity index (χ3n) is 5.75. The predicted molar refractivity (Wildman–Crippen MR) is 148 cm³/mol. The summed E-state index contributed by atoms with van der Waals surface area (Å²) in [5.74, 6) is -1.15. The first-order valence-corrected chi connectivity index (χ1v) is 15.2. The maximum absolute atomic E-state index is 13.1. The second kappa shape index (κ2) is 11.7. The molecule has 0 bridgehead atoms. The molecule has 3 N–H and O–H groups in total. The lowest BCUT2D eigenvalue weighted by molar-refractivity contribution is -0.119. The summed E-state index contributed by atoms with van der Waals surface area (Å²) in [6.45, 7) is -0.488. The van der Waals surface area contributed by atoms with Gasteiger partial charge in [0.15, 0.2) is 5.78 Å². The Balaban J connectivity index is 1.52. The van der Waals surface area contributed by atoms with Crippen LogP contribution in [0.5, 0.6) is 0 Å². The highest BCUT2D eigenvalue weighted by molar-refractivity contribution is 7.92. The van der Waals surface area contributed by atoms with E-state index in [4.69, 9.17) is 0 Å². The molecule has 12 heteroatoms. The van der Waals surface area contributed by atoms with E-state index in [0.29, 0.717) is 10.9 Å². The Labute approximate surface area is 226 Å². The molecule has 0 saturated heterocycles. The molecular weight excluding hydrogens is 540 g/mol.